The van der Waals surface area contributed by atoms with Crippen molar-refractivity contribution in [3.8, 4) is 0 Å². The lowest BCUT2D eigenvalue weighted by Gasteiger charge is -2.24. The molecule has 1 N–H and O–H groups in total. The van der Waals surface area contributed by atoms with Crippen molar-refractivity contribution in [1.82, 2.24) is 4.98 Å². The second-order valence-electron chi connectivity index (χ2n) is 5.22. The van der Waals surface area contributed by atoms with Gasteiger partial charge in [-0.25, -0.2) is 0 Å². The molecule has 0 bridgehead atoms. The summed E-state index contributed by atoms with van der Waals surface area (Å²) in [7, 11) is 0. The molecule has 1 fully saturated rings. The second kappa shape index (κ2) is 5.68. The molecule has 1 unspecified atom stereocenters. The maximum Gasteiger partial charge on any atom is 0.0799 e. The molecule has 2 aromatic rings. The number of hydrogen-bond donors (Lipinski definition) is 1. The molecule has 1 aliphatic rings. The molecule has 1 atom stereocenters. The van der Waals surface area contributed by atoms with Crippen molar-refractivity contribution in [2.75, 3.05) is 13.2 Å². The normalized spacial score (nSPS) is 18.6. The number of aliphatic hydroxyl groups excluding tert-OH is 1. The molecule has 0 spiro atoms. The van der Waals surface area contributed by atoms with Gasteiger partial charge in [-0.3, -0.25) is 4.98 Å². The lowest BCUT2D eigenvalue weighted by Crippen LogP contribution is -2.18. The van der Waals surface area contributed by atoms with E-state index in [9.17, 15) is 5.11 Å². The van der Waals surface area contributed by atoms with Crippen LogP contribution in [0.5, 0.6) is 0 Å². The van der Waals surface area contributed by atoms with Crippen molar-refractivity contribution in [3.05, 3.63) is 42.1 Å². The highest BCUT2D eigenvalue weighted by Gasteiger charge is 2.20. The maximum atomic E-state index is 10.5. The number of para-hydroxylation sites is 1. The maximum absolute atomic E-state index is 10.5. The standard InChI is InChI=1S/C16H19NO2/c18-16(11-12-6-9-19-10-7-12)14-5-8-17-15-4-2-1-3-13(14)15/h1-5,8,12,16,18H,6-7,9-11H2. The van der Waals surface area contributed by atoms with E-state index < -0.39 is 6.10 Å². The highest BCUT2D eigenvalue weighted by atomic mass is 16.5. The molecular weight excluding hydrogens is 238 g/mol. The number of pyridine rings is 1. The molecule has 0 saturated carbocycles. The summed E-state index contributed by atoms with van der Waals surface area (Å²) in [5.74, 6) is 0.565. The number of hydrogen-bond acceptors (Lipinski definition) is 3. The monoisotopic (exact) mass is 257 g/mol. The Balaban J connectivity index is 1.82. The van der Waals surface area contributed by atoms with Crippen molar-refractivity contribution >= 4 is 10.9 Å². The van der Waals surface area contributed by atoms with Crippen LogP contribution in [0.1, 0.15) is 30.9 Å². The zero-order valence-electron chi connectivity index (χ0n) is 11.0. The molecule has 0 amide bonds. The van der Waals surface area contributed by atoms with E-state index in [-0.39, 0.29) is 0 Å². The number of fused-ring (bicyclic) bond motifs is 1. The van der Waals surface area contributed by atoms with Crippen molar-refractivity contribution in [1.29, 1.82) is 0 Å². The Labute approximate surface area is 113 Å². The minimum atomic E-state index is -0.406. The lowest BCUT2D eigenvalue weighted by molar-refractivity contribution is 0.0438. The van der Waals surface area contributed by atoms with Gasteiger partial charge in [-0.2, -0.15) is 0 Å². The van der Waals surface area contributed by atoms with Crippen LogP contribution >= 0.6 is 0 Å². The molecule has 1 aliphatic heterocycles. The van der Waals surface area contributed by atoms with Gasteiger partial charge in [-0.15, -0.1) is 0 Å². The zero-order valence-corrected chi connectivity index (χ0v) is 11.0. The first kappa shape index (κ1) is 12.6. The number of benzene rings is 1. The molecule has 1 aromatic carbocycles. The van der Waals surface area contributed by atoms with E-state index in [1.165, 1.54) is 0 Å². The van der Waals surface area contributed by atoms with E-state index in [0.29, 0.717) is 5.92 Å². The highest BCUT2D eigenvalue weighted by Crippen LogP contribution is 2.30. The van der Waals surface area contributed by atoms with Gasteiger partial charge in [0.25, 0.3) is 0 Å². The summed E-state index contributed by atoms with van der Waals surface area (Å²) in [5, 5.41) is 11.6. The minimum Gasteiger partial charge on any atom is -0.388 e. The quantitative estimate of drug-likeness (QED) is 0.918. The van der Waals surface area contributed by atoms with Gasteiger partial charge in [0, 0.05) is 24.8 Å². The molecule has 3 nitrogen and oxygen atoms in total. The minimum absolute atomic E-state index is 0.406. The largest absolute Gasteiger partial charge is 0.388 e. The average Bonchev–Trinajstić information content (AvgIpc) is 2.47. The fraction of sp³-hybridized carbons (Fsp3) is 0.438. The lowest BCUT2D eigenvalue weighted by atomic mass is 9.90. The van der Waals surface area contributed by atoms with Gasteiger partial charge in [0.15, 0.2) is 0 Å². The van der Waals surface area contributed by atoms with Crippen molar-refractivity contribution in [3.63, 3.8) is 0 Å². The SMILES string of the molecule is OC(CC1CCOCC1)c1ccnc2ccccc12. The van der Waals surface area contributed by atoms with Gasteiger partial charge < -0.3 is 9.84 Å². The van der Waals surface area contributed by atoms with Gasteiger partial charge in [0.05, 0.1) is 11.6 Å². The first-order valence-corrected chi connectivity index (χ1v) is 6.94. The van der Waals surface area contributed by atoms with Crippen LogP contribution in [0.25, 0.3) is 10.9 Å². The molecule has 100 valence electrons. The Bertz CT molecular complexity index is 544. The first-order valence-electron chi connectivity index (χ1n) is 6.94. The highest BCUT2D eigenvalue weighted by molar-refractivity contribution is 5.82. The smallest absolute Gasteiger partial charge is 0.0799 e. The van der Waals surface area contributed by atoms with E-state index >= 15 is 0 Å². The van der Waals surface area contributed by atoms with Gasteiger partial charge in [0.1, 0.15) is 0 Å². The zero-order chi connectivity index (χ0) is 13.1. The number of nitrogens with zero attached hydrogens (tertiary/aromatic N) is 1. The van der Waals surface area contributed by atoms with Crippen LogP contribution in [-0.4, -0.2) is 23.3 Å². The number of ether oxygens (including phenoxy) is 1. The Morgan fingerprint density at radius 3 is 2.84 bits per heavy atom. The van der Waals surface area contributed by atoms with E-state index in [2.05, 4.69) is 4.98 Å². The predicted molar refractivity (Wildman–Crippen MR) is 74.9 cm³/mol. The second-order valence-corrected chi connectivity index (χ2v) is 5.22. The van der Waals surface area contributed by atoms with Crippen LogP contribution in [0.15, 0.2) is 36.5 Å². The first-order chi connectivity index (χ1) is 9.34. The third-order valence-electron chi connectivity index (χ3n) is 3.94. The molecule has 19 heavy (non-hydrogen) atoms. The van der Waals surface area contributed by atoms with Gasteiger partial charge >= 0.3 is 0 Å². The van der Waals surface area contributed by atoms with E-state index in [4.69, 9.17) is 4.74 Å². The molecule has 3 rings (SSSR count). The number of aromatic nitrogens is 1. The molecule has 2 heterocycles. The van der Waals surface area contributed by atoms with E-state index in [1.54, 1.807) is 6.20 Å². The van der Waals surface area contributed by atoms with Crippen molar-refractivity contribution in [2.24, 2.45) is 5.92 Å². The van der Waals surface area contributed by atoms with E-state index in [0.717, 1.165) is 48.9 Å². The molecular formula is C16H19NO2. The van der Waals surface area contributed by atoms with Gasteiger partial charge in [-0.1, -0.05) is 18.2 Å². The molecule has 1 saturated heterocycles. The third kappa shape index (κ3) is 2.77. The van der Waals surface area contributed by atoms with Crippen molar-refractivity contribution in [2.45, 2.75) is 25.4 Å². The fourth-order valence-electron chi connectivity index (χ4n) is 2.83. The van der Waals surface area contributed by atoms with Crippen LogP contribution in [0.3, 0.4) is 0 Å². The summed E-state index contributed by atoms with van der Waals surface area (Å²) in [4.78, 5) is 4.34. The third-order valence-corrected chi connectivity index (χ3v) is 3.94. The average molecular weight is 257 g/mol. The number of aliphatic hydroxyl groups is 1. The molecule has 0 radical (unpaired) electrons. The van der Waals surface area contributed by atoms with Crippen molar-refractivity contribution < 1.29 is 9.84 Å². The van der Waals surface area contributed by atoms with Crippen LogP contribution in [-0.2, 0) is 4.74 Å². The predicted octanol–water partition coefficient (Wildman–Crippen LogP) is 3.08. The van der Waals surface area contributed by atoms with Crippen LogP contribution in [0.4, 0.5) is 0 Å². The van der Waals surface area contributed by atoms with Crippen LogP contribution in [0, 0.1) is 5.92 Å². The summed E-state index contributed by atoms with van der Waals surface area (Å²) >= 11 is 0. The van der Waals surface area contributed by atoms with Gasteiger partial charge in [-0.05, 0) is 42.9 Å². The summed E-state index contributed by atoms with van der Waals surface area (Å²) in [6.45, 7) is 1.66. The molecule has 0 aliphatic carbocycles. The topological polar surface area (TPSA) is 42.4 Å². The molecule has 3 heteroatoms. The Morgan fingerprint density at radius 2 is 2.00 bits per heavy atom. The molecule has 1 aromatic heterocycles. The fourth-order valence-corrected chi connectivity index (χ4v) is 2.83. The summed E-state index contributed by atoms with van der Waals surface area (Å²) in [6, 6.07) is 9.93. The van der Waals surface area contributed by atoms with Crippen LogP contribution in [0.2, 0.25) is 0 Å². The summed E-state index contributed by atoms with van der Waals surface area (Å²) in [6.07, 6.45) is 4.30. The summed E-state index contributed by atoms with van der Waals surface area (Å²) in [5.41, 5.74) is 1.95. The van der Waals surface area contributed by atoms with Crippen LogP contribution < -0.4 is 0 Å². The van der Waals surface area contributed by atoms with Gasteiger partial charge in [0.2, 0.25) is 0 Å². The Hall–Kier alpha value is -1.45. The Morgan fingerprint density at radius 1 is 1.21 bits per heavy atom. The summed E-state index contributed by atoms with van der Waals surface area (Å²) < 4.78 is 5.37. The van der Waals surface area contributed by atoms with E-state index in [1.807, 2.05) is 30.3 Å². The number of rotatable bonds is 3. The Kier molecular flexibility index (Phi) is 3.76.